The number of nitrogens with one attached hydrogen (secondary N) is 1. The molecule has 1 atom stereocenters. The predicted molar refractivity (Wildman–Crippen MR) is 75.1 cm³/mol. The van der Waals surface area contributed by atoms with Gasteiger partial charge in [-0.1, -0.05) is 6.07 Å². The van der Waals surface area contributed by atoms with Gasteiger partial charge < -0.3 is 9.73 Å². The van der Waals surface area contributed by atoms with Crippen LogP contribution in [0.15, 0.2) is 58.1 Å². The van der Waals surface area contributed by atoms with Crippen molar-refractivity contribution in [2.45, 2.75) is 4.90 Å². The molecule has 0 saturated carbocycles. The second kappa shape index (κ2) is 6.15. The smallest absolute Gasteiger partial charge is 0.248 e. The molecule has 1 N–H and O–H groups in total. The fraction of sp³-hybridized carbons (Fsp3) is 0.0714. The van der Waals surface area contributed by atoms with Gasteiger partial charge in [0.15, 0.2) is 0 Å². The molecule has 0 spiro atoms. The zero-order chi connectivity index (χ0) is 13.7. The number of furan rings is 1. The van der Waals surface area contributed by atoms with Crippen molar-refractivity contribution >= 4 is 28.5 Å². The molecule has 1 amide bonds. The number of carbonyl (C=O) groups excluding carboxylic acids is 1. The van der Waals surface area contributed by atoms with E-state index in [9.17, 15) is 9.00 Å². The van der Waals surface area contributed by atoms with Crippen LogP contribution in [0.1, 0.15) is 5.76 Å². The molecule has 1 heterocycles. The van der Waals surface area contributed by atoms with Crippen LogP contribution in [0.4, 0.5) is 5.69 Å². The van der Waals surface area contributed by atoms with Gasteiger partial charge in [0.2, 0.25) is 5.91 Å². The normalized spacial score (nSPS) is 12.5. The summed E-state index contributed by atoms with van der Waals surface area (Å²) >= 11 is 0. The van der Waals surface area contributed by atoms with Crippen molar-refractivity contribution in [2.75, 3.05) is 11.6 Å². The largest absolute Gasteiger partial charge is 0.465 e. The van der Waals surface area contributed by atoms with Crippen LogP contribution in [0.2, 0.25) is 0 Å². The molecule has 0 unspecified atom stereocenters. The van der Waals surface area contributed by atoms with Crippen LogP contribution in [0.25, 0.3) is 6.08 Å². The van der Waals surface area contributed by atoms with Crippen LogP contribution in [-0.4, -0.2) is 16.4 Å². The Hall–Kier alpha value is -2.14. The minimum Gasteiger partial charge on any atom is -0.465 e. The molecular weight excluding hydrogens is 262 g/mol. The van der Waals surface area contributed by atoms with Gasteiger partial charge in [-0.2, -0.15) is 0 Å². The maximum atomic E-state index is 11.7. The number of benzene rings is 1. The van der Waals surface area contributed by atoms with Crippen LogP contribution >= 0.6 is 0 Å². The third kappa shape index (κ3) is 3.93. The van der Waals surface area contributed by atoms with Crippen molar-refractivity contribution in [3.05, 3.63) is 54.5 Å². The van der Waals surface area contributed by atoms with Crippen molar-refractivity contribution in [3.63, 3.8) is 0 Å². The molecule has 98 valence electrons. The highest BCUT2D eigenvalue weighted by Crippen LogP contribution is 2.13. The SMILES string of the molecule is C[S@](=O)c1cccc(NC(=O)/C=C\c2ccco2)c1. The minimum absolute atomic E-state index is 0.268. The summed E-state index contributed by atoms with van der Waals surface area (Å²) in [6.45, 7) is 0. The fourth-order valence-electron chi connectivity index (χ4n) is 1.48. The van der Waals surface area contributed by atoms with E-state index in [0.717, 1.165) is 0 Å². The summed E-state index contributed by atoms with van der Waals surface area (Å²) in [5.41, 5.74) is 0.613. The summed E-state index contributed by atoms with van der Waals surface area (Å²) in [6.07, 6.45) is 6.10. The number of amides is 1. The summed E-state index contributed by atoms with van der Waals surface area (Å²) in [5, 5.41) is 2.70. The standard InChI is InChI=1S/C14H13NO3S/c1-19(17)13-6-2-4-11(10-13)15-14(16)8-7-12-5-3-9-18-12/h2-10H,1H3,(H,15,16)/b8-7-/t19-/m0/s1. The summed E-state index contributed by atoms with van der Waals surface area (Å²) in [5.74, 6) is 0.342. The number of anilines is 1. The van der Waals surface area contributed by atoms with Crippen LogP contribution in [0.3, 0.4) is 0 Å². The van der Waals surface area contributed by atoms with Gasteiger partial charge in [-0.15, -0.1) is 0 Å². The highest BCUT2D eigenvalue weighted by Gasteiger charge is 2.01. The second-order valence-electron chi connectivity index (χ2n) is 3.82. The Kier molecular flexibility index (Phi) is 4.30. The summed E-state index contributed by atoms with van der Waals surface area (Å²) in [4.78, 5) is 12.3. The zero-order valence-electron chi connectivity index (χ0n) is 10.3. The van der Waals surface area contributed by atoms with Crippen LogP contribution < -0.4 is 5.32 Å². The lowest BCUT2D eigenvalue weighted by Crippen LogP contribution is -2.07. The van der Waals surface area contributed by atoms with Crippen molar-refractivity contribution in [1.29, 1.82) is 0 Å². The highest BCUT2D eigenvalue weighted by atomic mass is 32.2. The van der Waals surface area contributed by atoms with Gasteiger partial charge in [0.1, 0.15) is 5.76 Å². The average molecular weight is 275 g/mol. The molecule has 19 heavy (non-hydrogen) atoms. The Balaban J connectivity index is 2.03. The first kappa shape index (κ1) is 13.3. The van der Waals surface area contributed by atoms with Crippen LogP contribution in [-0.2, 0) is 15.6 Å². The maximum Gasteiger partial charge on any atom is 0.248 e. The molecular formula is C14H13NO3S. The van der Waals surface area contributed by atoms with Crippen LogP contribution in [0.5, 0.6) is 0 Å². The lowest BCUT2D eigenvalue weighted by molar-refractivity contribution is -0.111. The summed E-state index contributed by atoms with van der Waals surface area (Å²) < 4.78 is 16.4. The van der Waals surface area contributed by atoms with Crippen molar-refractivity contribution in [3.8, 4) is 0 Å². The van der Waals surface area contributed by atoms with Gasteiger partial charge in [0, 0.05) is 33.7 Å². The molecule has 2 rings (SSSR count). The Morgan fingerprint density at radius 3 is 2.84 bits per heavy atom. The molecule has 4 nitrogen and oxygen atoms in total. The van der Waals surface area contributed by atoms with Crippen LogP contribution in [0, 0.1) is 0 Å². The lowest BCUT2D eigenvalue weighted by atomic mass is 10.3. The van der Waals surface area contributed by atoms with E-state index in [1.54, 1.807) is 48.7 Å². The van der Waals surface area contributed by atoms with E-state index in [0.29, 0.717) is 16.3 Å². The van der Waals surface area contributed by atoms with Crippen molar-refractivity contribution < 1.29 is 13.4 Å². The molecule has 2 aromatic rings. The molecule has 0 aliphatic rings. The monoisotopic (exact) mass is 275 g/mol. The van der Waals surface area contributed by atoms with E-state index in [1.165, 1.54) is 12.3 Å². The first-order valence-electron chi connectivity index (χ1n) is 5.61. The second-order valence-corrected chi connectivity index (χ2v) is 5.20. The van der Waals surface area contributed by atoms with Gasteiger partial charge in [0.05, 0.1) is 6.26 Å². The molecule has 5 heteroatoms. The number of rotatable bonds is 4. The van der Waals surface area contributed by atoms with E-state index in [-0.39, 0.29) is 5.91 Å². The first-order chi connectivity index (χ1) is 9.15. The maximum absolute atomic E-state index is 11.7. The van der Waals surface area contributed by atoms with Gasteiger partial charge in [0.25, 0.3) is 0 Å². The molecule has 0 bridgehead atoms. The average Bonchev–Trinajstić information content (AvgIpc) is 2.90. The van der Waals surface area contributed by atoms with E-state index in [4.69, 9.17) is 4.42 Å². The number of hydrogen-bond donors (Lipinski definition) is 1. The van der Waals surface area contributed by atoms with Gasteiger partial charge in [-0.3, -0.25) is 9.00 Å². The third-order valence-corrected chi connectivity index (χ3v) is 3.29. The van der Waals surface area contributed by atoms with E-state index in [1.807, 2.05) is 0 Å². The topological polar surface area (TPSA) is 59.3 Å². The lowest BCUT2D eigenvalue weighted by Gasteiger charge is -2.03. The van der Waals surface area contributed by atoms with Gasteiger partial charge >= 0.3 is 0 Å². The van der Waals surface area contributed by atoms with E-state index < -0.39 is 10.8 Å². The van der Waals surface area contributed by atoms with Crippen molar-refractivity contribution in [2.24, 2.45) is 0 Å². The Bertz CT molecular complexity index is 617. The van der Waals surface area contributed by atoms with Crippen molar-refractivity contribution in [1.82, 2.24) is 0 Å². The predicted octanol–water partition coefficient (Wildman–Crippen LogP) is 2.67. The Labute approximate surface area is 113 Å². The minimum atomic E-state index is -1.07. The molecule has 0 aliphatic carbocycles. The molecule has 0 fully saturated rings. The third-order valence-electron chi connectivity index (χ3n) is 2.38. The highest BCUT2D eigenvalue weighted by molar-refractivity contribution is 7.84. The quantitative estimate of drug-likeness (QED) is 0.873. The molecule has 1 aromatic carbocycles. The van der Waals surface area contributed by atoms with E-state index in [2.05, 4.69) is 5.32 Å². The number of hydrogen-bond acceptors (Lipinski definition) is 3. The Morgan fingerprint density at radius 1 is 1.32 bits per heavy atom. The Morgan fingerprint density at radius 2 is 2.16 bits per heavy atom. The zero-order valence-corrected chi connectivity index (χ0v) is 11.1. The summed E-state index contributed by atoms with van der Waals surface area (Å²) in [6, 6.07) is 10.4. The molecule has 0 radical (unpaired) electrons. The molecule has 0 aliphatic heterocycles. The summed E-state index contributed by atoms with van der Waals surface area (Å²) in [7, 11) is -1.07. The first-order valence-corrected chi connectivity index (χ1v) is 7.17. The number of carbonyl (C=O) groups is 1. The van der Waals surface area contributed by atoms with E-state index >= 15 is 0 Å². The van der Waals surface area contributed by atoms with Gasteiger partial charge in [-0.25, -0.2) is 0 Å². The molecule has 0 saturated heterocycles. The van der Waals surface area contributed by atoms with Gasteiger partial charge in [-0.05, 0) is 36.4 Å². The fourth-order valence-corrected chi connectivity index (χ4v) is 2.04. The molecule has 1 aromatic heterocycles.